The van der Waals surface area contributed by atoms with Crippen LogP contribution in [0.4, 0.5) is 5.69 Å². The number of hydrogen-bond donors (Lipinski definition) is 1. The Hall–Kier alpha value is -2.41. The molecule has 4 nitrogen and oxygen atoms in total. The Labute approximate surface area is 219 Å². The fraction of sp³-hybridized carbons (Fsp3) is 0.286. The summed E-state index contributed by atoms with van der Waals surface area (Å²) in [5.41, 5.74) is 3.17. The molecule has 0 fully saturated rings. The molecular formula is C28H26ClNO3S2. The second-order valence-corrected chi connectivity index (χ2v) is 12.5. The predicted octanol–water partition coefficient (Wildman–Crippen LogP) is 7.41. The molecule has 180 valence electrons. The predicted molar refractivity (Wildman–Crippen MR) is 144 cm³/mol. The van der Waals surface area contributed by atoms with Gasteiger partial charge in [-0.1, -0.05) is 62.7 Å². The van der Waals surface area contributed by atoms with Crippen LogP contribution in [0.2, 0.25) is 5.02 Å². The minimum absolute atomic E-state index is 0.162. The Morgan fingerprint density at radius 3 is 2.40 bits per heavy atom. The number of thioether (sulfide) groups is 2. The number of halogens is 1. The molecule has 3 aromatic rings. The monoisotopic (exact) mass is 523 g/mol. The molecule has 1 N–H and O–H groups in total. The van der Waals surface area contributed by atoms with Gasteiger partial charge in [-0.2, -0.15) is 0 Å². The van der Waals surface area contributed by atoms with Crippen molar-refractivity contribution in [1.29, 1.82) is 0 Å². The Kier molecular flexibility index (Phi) is 6.41. The Balaban J connectivity index is 1.72. The van der Waals surface area contributed by atoms with Gasteiger partial charge in [0.25, 0.3) is 5.91 Å². The van der Waals surface area contributed by atoms with Gasteiger partial charge in [-0.25, -0.2) is 0 Å². The quantitative estimate of drug-likeness (QED) is 0.387. The van der Waals surface area contributed by atoms with Gasteiger partial charge in [-0.15, -0.1) is 23.5 Å². The molecule has 0 aromatic heterocycles. The zero-order valence-corrected chi connectivity index (χ0v) is 22.1. The van der Waals surface area contributed by atoms with E-state index in [1.54, 1.807) is 47.0 Å². The molecule has 0 spiro atoms. The highest BCUT2D eigenvalue weighted by Crippen LogP contribution is 2.48. The summed E-state index contributed by atoms with van der Waals surface area (Å²) in [7, 11) is 0. The van der Waals surface area contributed by atoms with Crippen molar-refractivity contribution in [2.24, 2.45) is 0 Å². The summed E-state index contributed by atoms with van der Waals surface area (Å²) >= 11 is 10.3. The van der Waals surface area contributed by atoms with E-state index in [0.717, 1.165) is 27.5 Å². The van der Waals surface area contributed by atoms with Gasteiger partial charge in [0.1, 0.15) is 5.92 Å². The Morgan fingerprint density at radius 1 is 1.00 bits per heavy atom. The number of fused-ring (bicyclic) bond motifs is 2. The van der Waals surface area contributed by atoms with Crippen LogP contribution < -0.4 is 4.90 Å². The summed E-state index contributed by atoms with van der Waals surface area (Å²) in [5.74, 6) is -0.0398. The van der Waals surface area contributed by atoms with E-state index in [2.05, 4.69) is 32.9 Å². The maximum absolute atomic E-state index is 13.9. The number of aliphatic carboxylic acids is 1. The number of anilines is 1. The first-order valence-electron chi connectivity index (χ1n) is 11.5. The van der Waals surface area contributed by atoms with Gasteiger partial charge in [0.05, 0.1) is 6.04 Å². The van der Waals surface area contributed by atoms with Crippen LogP contribution in [0.1, 0.15) is 59.8 Å². The number of nitrogens with zero attached hydrogens (tertiary/aromatic N) is 1. The van der Waals surface area contributed by atoms with Crippen LogP contribution in [0.5, 0.6) is 0 Å². The van der Waals surface area contributed by atoms with E-state index in [4.69, 9.17) is 11.6 Å². The molecule has 5 rings (SSSR count). The lowest BCUT2D eigenvalue weighted by Crippen LogP contribution is -2.45. The van der Waals surface area contributed by atoms with Gasteiger partial charge >= 0.3 is 5.97 Å². The van der Waals surface area contributed by atoms with Crippen molar-refractivity contribution in [2.75, 3.05) is 16.4 Å². The van der Waals surface area contributed by atoms with Gasteiger partial charge in [0.2, 0.25) is 0 Å². The lowest BCUT2D eigenvalue weighted by Gasteiger charge is -2.41. The summed E-state index contributed by atoms with van der Waals surface area (Å²) in [6, 6.07) is 18.0. The first-order chi connectivity index (χ1) is 16.7. The van der Waals surface area contributed by atoms with Crippen LogP contribution >= 0.6 is 35.1 Å². The lowest BCUT2D eigenvalue weighted by molar-refractivity contribution is -0.139. The zero-order chi connectivity index (χ0) is 24.9. The molecule has 2 aliphatic rings. The van der Waals surface area contributed by atoms with Crippen LogP contribution in [0.15, 0.2) is 70.5 Å². The summed E-state index contributed by atoms with van der Waals surface area (Å²) in [6.45, 7) is 6.26. The third-order valence-electron chi connectivity index (χ3n) is 6.55. The molecule has 3 aromatic carbocycles. The molecule has 2 heterocycles. The number of carbonyl (C=O) groups excluding carboxylic acids is 1. The molecule has 0 bridgehead atoms. The van der Waals surface area contributed by atoms with Crippen molar-refractivity contribution in [1.82, 2.24) is 0 Å². The van der Waals surface area contributed by atoms with Crippen LogP contribution in [0.25, 0.3) is 0 Å². The van der Waals surface area contributed by atoms with Crippen molar-refractivity contribution < 1.29 is 14.7 Å². The molecule has 2 aliphatic heterocycles. The number of rotatable bonds is 3. The molecule has 35 heavy (non-hydrogen) atoms. The van der Waals surface area contributed by atoms with E-state index in [9.17, 15) is 14.7 Å². The molecule has 0 saturated heterocycles. The molecular weight excluding hydrogens is 498 g/mol. The lowest BCUT2D eigenvalue weighted by atomic mass is 9.79. The molecule has 0 saturated carbocycles. The normalized spacial score (nSPS) is 19.8. The van der Waals surface area contributed by atoms with Gasteiger partial charge in [-0.05, 0) is 52.4 Å². The van der Waals surface area contributed by atoms with E-state index in [0.29, 0.717) is 21.8 Å². The van der Waals surface area contributed by atoms with Crippen LogP contribution in [0.3, 0.4) is 0 Å². The zero-order valence-electron chi connectivity index (χ0n) is 19.7. The van der Waals surface area contributed by atoms with E-state index < -0.39 is 17.9 Å². The number of amides is 1. The van der Waals surface area contributed by atoms with Gasteiger partial charge in [0, 0.05) is 37.6 Å². The summed E-state index contributed by atoms with van der Waals surface area (Å²) in [5, 5.41) is 11.0. The van der Waals surface area contributed by atoms with E-state index in [-0.39, 0.29) is 11.3 Å². The minimum Gasteiger partial charge on any atom is -0.481 e. The van der Waals surface area contributed by atoms with E-state index in [1.165, 1.54) is 4.90 Å². The molecule has 0 aliphatic carbocycles. The van der Waals surface area contributed by atoms with Crippen LogP contribution in [0, 0.1) is 0 Å². The SMILES string of the molecule is CC(C)(C)c1ccc(N2C(=O)c3ccccc3[C@H](C(=O)O)[C@H]2c2ccc3c(c2)SCCS3)cc1Cl. The van der Waals surface area contributed by atoms with E-state index in [1.807, 2.05) is 30.0 Å². The summed E-state index contributed by atoms with van der Waals surface area (Å²) < 4.78 is 0. The number of carboxylic acid groups (broad SMARTS) is 1. The largest absolute Gasteiger partial charge is 0.481 e. The Morgan fingerprint density at radius 2 is 1.71 bits per heavy atom. The Bertz CT molecular complexity index is 1330. The van der Waals surface area contributed by atoms with Crippen molar-refractivity contribution in [3.63, 3.8) is 0 Å². The van der Waals surface area contributed by atoms with Gasteiger partial charge in [0.15, 0.2) is 0 Å². The number of carbonyl (C=O) groups is 2. The molecule has 2 atom stereocenters. The number of benzene rings is 3. The molecule has 0 unspecified atom stereocenters. The standard InChI is InChI=1S/C28H26ClNO3S2/c1-28(2,3)20-10-9-17(15-21(20)29)30-25(16-8-11-22-23(14-16)35-13-12-34-22)24(27(32)33)18-6-4-5-7-19(18)26(30)31/h4-11,14-15,24-25H,12-13H2,1-3H3,(H,32,33)/t24-,25+/m0/s1. The third kappa shape index (κ3) is 4.37. The molecule has 1 amide bonds. The van der Waals surface area contributed by atoms with Crippen LogP contribution in [-0.2, 0) is 10.2 Å². The minimum atomic E-state index is -0.961. The first-order valence-corrected chi connectivity index (χ1v) is 13.9. The molecule has 0 radical (unpaired) electrons. The highest BCUT2D eigenvalue weighted by atomic mass is 35.5. The van der Waals surface area contributed by atoms with E-state index >= 15 is 0 Å². The maximum atomic E-state index is 13.9. The second kappa shape index (κ2) is 9.23. The first kappa shape index (κ1) is 24.3. The average Bonchev–Trinajstić information content (AvgIpc) is 2.82. The molecule has 7 heteroatoms. The number of carboxylic acids is 1. The third-order valence-corrected chi connectivity index (χ3v) is 9.38. The maximum Gasteiger partial charge on any atom is 0.313 e. The van der Waals surface area contributed by atoms with Crippen molar-refractivity contribution in [2.45, 2.75) is 47.9 Å². The van der Waals surface area contributed by atoms with Gasteiger partial charge in [-0.3, -0.25) is 14.5 Å². The number of hydrogen-bond acceptors (Lipinski definition) is 4. The van der Waals surface area contributed by atoms with Crippen molar-refractivity contribution in [3.05, 3.63) is 87.9 Å². The summed E-state index contributed by atoms with van der Waals surface area (Å²) in [4.78, 5) is 30.6. The summed E-state index contributed by atoms with van der Waals surface area (Å²) in [6.07, 6.45) is 0. The highest BCUT2D eigenvalue weighted by Gasteiger charge is 2.45. The van der Waals surface area contributed by atoms with Crippen molar-refractivity contribution in [3.8, 4) is 0 Å². The van der Waals surface area contributed by atoms with Gasteiger partial charge < -0.3 is 5.11 Å². The fourth-order valence-electron chi connectivity index (χ4n) is 4.93. The topological polar surface area (TPSA) is 57.6 Å². The smallest absolute Gasteiger partial charge is 0.313 e. The van der Waals surface area contributed by atoms with Crippen LogP contribution in [-0.4, -0.2) is 28.5 Å². The highest BCUT2D eigenvalue weighted by molar-refractivity contribution is 8.05. The average molecular weight is 524 g/mol. The van der Waals surface area contributed by atoms with Crippen molar-refractivity contribution >= 4 is 52.7 Å². The second-order valence-electron chi connectivity index (χ2n) is 9.84. The fourth-order valence-corrected chi connectivity index (χ4v) is 7.65.